The Bertz CT molecular complexity index is 280. The molecule has 0 bridgehead atoms. The molecule has 0 saturated carbocycles. The Hall–Kier alpha value is -1.17. The molecule has 0 aliphatic heterocycles. The summed E-state index contributed by atoms with van der Waals surface area (Å²) in [6.07, 6.45) is -0.276. The number of aldehydes is 1. The topological polar surface area (TPSA) is 79.9 Å². The highest BCUT2D eigenvalue weighted by atomic mass is 16.5. The molecule has 1 aromatic rings. The van der Waals surface area contributed by atoms with Crippen LogP contribution in [0.1, 0.15) is 16.3 Å². The minimum Gasteiger partial charge on any atom is -0.456 e. The fourth-order valence-corrected chi connectivity index (χ4v) is 0.884. The van der Waals surface area contributed by atoms with E-state index in [1.165, 1.54) is 6.07 Å². The summed E-state index contributed by atoms with van der Waals surface area (Å²) in [5.74, 6) is 0.753. The number of hydrogen-bond acceptors (Lipinski definition) is 5. The third-order valence-electron chi connectivity index (χ3n) is 1.56. The molecular formula is C9H12O5. The van der Waals surface area contributed by atoms with Crippen molar-refractivity contribution in [2.75, 3.05) is 13.2 Å². The standard InChI is InChI=1S/C9H12O5/c10-3-7(12)5-13-6-9-2-1-8(4-11)14-9/h1-2,4,7,10,12H,3,5-6H2. The quantitative estimate of drug-likeness (QED) is 0.630. The smallest absolute Gasteiger partial charge is 0.185 e. The lowest BCUT2D eigenvalue weighted by molar-refractivity contribution is -0.00439. The van der Waals surface area contributed by atoms with Gasteiger partial charge in [-0.05, 0) is 12.1 Å². The Labute approximate surface area is 80.9 Å². The summed E-state index contributed by atoms with van der Waals surface area (Å²) in [5, 5.41) is 17.4. The van der Waals surface area contributed by atoms with Gasteiger partial charge in [0.05, 0.1) is 13.2 Å². The van der Waals surface area contributed by atoms with E-state index in [1.54, 1.807) is 6.07 Å². The monoisotopic (exact) mass is 200 g/mol. The second-order valence-electron chi connectivity index (χ2n) is 2.77. The fraction of sp³-hybridized carbons (Fsp3) is 0.444. The summed E-state index contributed by atoms with van der Waals surface area (Å²) < 4.78 is 10.0. The summed E-state index contributed by atoms with van der Waals surface area (Å²) in [6.45, 7) is -0.129. The van der Waals surface area contributed by atoms with E-state index in [9.17, 15) is 4.79 Å². The third kappa shape index (κ3) is 3.29. The first-order valence-electron chi connectivity index (χ1n) is 4.17. The Morgan fingerprint density at radius 1 is 1.57 bits per heavy atom. The highest BCUT2D eigenvalue weighted by molar-refractivity contribution is 5.70. The largest absolute Gasteiger partial charge is 0.456 e. The minimum absolute atomic E-state index is 0.0353. The molecule has 0 radical (unpaired) electrons. The van der Waals surface area contributed by atoms with E-state index in [4.69, 9.17) is 19.4 Å². The van der Waals surface area contributed by atoms with Crippen molar-refractivity contribution >= 4 is 6.29 Å². The zero-order valence-corrected chi connectivity index (χ0v) is 7.55. The van der Waals surface area contributed by atoms with Gasteiger partial charge in [-0.25, -0.2) is 0 Å². The average Bonchev–Trinajstić information content (AvgIpc) is 2.65. The molecule has 1 heterocycles. The molecule has 5 nitrogen and oxygen atoms in total. The number of ether oxygens (including phenoxy) is 1. The number of aliphatic hydroxyl groups is 2. The first-order chi connectivity index (χ1) is 6.76. The molecule has 78 valence electrons. The zero-order chi connectivity index (χ0) is 10.4. The molecule has 0 saturated heterocycles. The van der Waals surface area contributed by atoms with Crippen LogP contribution < -0.4 is 0 Å². The van der Waals surface area contributed by atoms with Crippen LogP contribution in [0.2, 0.25) is 0 Å². The van der Waals surface area contributed by atoms with Gasteiger partial charge in [0.25, 0.3) is 0 Å². The van der Waals surface area contributed by atoms with Crippen LogP contribution in [-0.4, -0.2) is 35.8 Å². The molecule has 1 unspecified atom stereocenters. The Morgan fingerprint density at radius 3 is 2.93 bits per heavy atom. The van der Waals surface area contributed by atoms with Crippen molar-refractivity contribution in [3.8, 4) is 0 Å². The molecule has 1 atom stereocenters. The van der Waals surface area contributed by atoms with Crippen molar-refractivity contribution in [1.82, 2.24) is 0 Å². The van der Waals surface area contributed by atoms with E-state index >= 15 is 0 Å². The van der Waals surface area contributed by atoms with Crippen molar-refractivity contribution in [2.24, 2.45) is 0 Å². The van der Waals surface area contributed by atoms with Gasteiger partial charge >= 0.3 is 0 Å². The van der Waals surface area contributed by atoms with Crippen LogP contribution in [0.15, 0.2) is 16.5 Å². The highest BCUT2D eigenvalue weighted by Crippen LogP contribution is 2.06. The number of carbonyl (C=O) groups is 1. The van der Waals surface area contributed by atoms with Crippen molar-refractivity contribution in [2.45, 2.75) is 12.7 Å². The lowest BCUT2D eigenvalue weighted by Crippen LogP contribution is -2.19. The molecule has 14 heavy (non-hydrogen) atoms. The molecular weight excluding hydrogens is 188 g/mol. The van der Waals surface area contributed by atoms with Gasteiger partial charge in [0, 0.05) is 0 Å². The second-order valence-corrected chi connectivity index (χ2v) is 2.77. The van der Waals surface area contributed by atoms with Crippen molar-refractivity contribution in [3.63, 3.8) is 0 Å². The molecule has 0 aliphatic rings. The van der Waals surface area contributed by atoms with Gasteiger partial charge in [0.2, 0.25) is 0 Å². The number of aliphatic hydroxyl groups excluding tert-OH is 2. The molecule has 0 fully saturated rings. The molecule has 2 N–H and O–H groups in total. The van der Waals surface area contributed by atoms with E-state index in [1.807, 2.05) is 0 Å². The summed E-state index contributed by atoms with van der Waals surface area (Å²) in [6, 6.07) is 3.16. The van der Waals surface area contributed by atoms with Crippen LogP contribution in [0.3, 0.4) is 0 Å². The molecule has 1 aromatic heterocycles. The summed E-state index contributed by atoms with van der Waals surface area (Å²) in [7, 11) is 0. The van der Waals surface area contributed by atoms with E-state index in [2.05, 4.69) is 0 Å². The Kier molecular flexibility index (Phi) is 4.31. The summed E-state index contributed by atoms with van der Waals surface area (Å²) >= 11 is 0. The maximum atomic E-state index is 10.2. The van der Waals surface area contributed by atoms with E-state index in [0.717, 1.165) is 0 Å². The lowest BCUT2D eigenvalue weighted by atomic mass is 10.4. The summed E-state index contributed by atoms with van der Waals surface area (Å²) in [5.41, 5.74) is 0. The molecule has 0 amide bonds. The fourth-order valence-electron chi connectivity index (χ4n) is 0.884. The molecule has 1 rings (SSSR count). The molecule has 0 spiro atoms. The average molecular weight is 200 g/mol. The van der Waals surface area contributed by atoms with Crippen LogP contribution in [-0.2, 0) is 11.3 Å². The normalized spacial score (nSPS) is 12.7. The van der Waals surface area contributed by atoms with Gasteiger partial charge < -0.3 is 19.4 Å². The zero-order valence-electron chi connectivity index (χ0n) is 7.55. The van der Waals surface area contributed by atoms with Crippen LogP contribution in [0.5, 0.6) is 0 Å². The first kappa shape index (κ1) is 10.9. The maximum Gasteiger partial charge on any atom is 0.185 e. The van der Waals surface area contributed by atoms with Gasteiger partial charge in [-0.15, -0.1) is 0 Å². The van der Waals surface area contributed by atoms with Crippen molar-refractivity contribution in [3.05, 3.63) is 23.7 Å². The Balaban J connectivity index is 2.27. The third-order valence-corrected chi connectivity index (χ3v) is 1.56. The predicted octanol–water partition coefficient (Wildman–Crippen LogP) is -0.0381. The first-order valence-corrected chi connectivity index (χ1v) is 4.17. The van der Waals surface area contributed by atoms with Crippen LogP contribution in [0.25, 0.3) is 0 Å². The predicted molar refractivity (Wildman–Crippen MR) is 46.8 cm³/mol. The summed E-state index contributed by atoms with van der Waals surface area (Å²) in [4.78, 5) is 10.2. The Morgan fingerprint density at radius 2 is 2.36 bits per heavy atom. The number of rotatable bonds is 6. The lowest BCUT2D eigenvalue weighted by Gasteiger charge is -2.06. The van der Waals surface area contributed by atoms with E-state index < -0.39 is 6.10 Å². The van der Waals surface area contributed by atoms with Gasteiger partial charge in [-0.2, -0.15) is 0 Å². The van der Waals surface area contributed by atoms with Crippen LogP contribution in [0, 0.1) is 0 Å². The van der Waals surface area contributed by atoms with E-state index in [-0.39, 0.29) is 25.6 Å². The molecule has 5 heteroatoms. The second kappa shape index (κ2) is 5.54. The van der Waals surface area contributed by atoms with Gasteiger partial charge in [0.1, 0.15) is 18.5 Å². The number of carbonyl (C=O) groups excluding carboxylic acids is 1. The minimum atomic E-state index is -0.879. The van der Waals surface area contributed by atoms with Gasteiger partial charge in [0.15, 0.2) is 12.0 Å². The maximum absolute atomic E-state index is 10.2. The number of hydrogen-bond donors (Lipinski definition) is 2. The van der Waals surface area contributed by atoms with Crippen molar-refractivity contribution < 1.29 is 24.2 Å². The van der Waals surface area contributed by atoms with E-state index in [0.29, 0.717) is 12.0 Å². The molecule has 0 aromatic carbocycles. The highest BCUT2D eigenvalue weighted by Gasteiger charge is 2.04. The molecule has 0 aliphatic carbocycles. The SMILES string of the molecule is O=Cc1ccc(COCC(O)CO)o1. The van der Waals surface area contributed by atoms with Crippen LogP contribution in [0.4, 0.5) is 0 Å². The van der Waals surface area contributed by atoms with Crippen LogP contribution >= 0.6 is 0 Å². The van der Waals surface area contributed by atoms with Gasteiger partial charge in [-0.3, -0.25) is 4.79 Å². The van der Waals surface area contributed by atoms with Gasteiger partial charge in [-0.1, -0.05) is 0 Å². The van der Waals surface area contributed by atoms with Crippen molar-refractivity contribution in [1.29, 1.82) is 0 Å². The number of furan rings is 1.